The van der Waals surface area contributed by atoms with E-state index in [2.05, 4.69) is 63.9 Å². The lowest BCUT2D eigenvalue weighted by molar-refractivity contribution is -0.0554. The summed E-state index contributed by atoms with van der Waals surface area (Å²) in [5.74, 6) is 0. The van der Waals surface area contributed by atoms with Crippen LogP contribution in [0.5, 0.6) is 0 Å². The van der Waals surface area contributed by atoms with E-state index >= 15 is 0 Å². The molecular formula is C18H27NO. The standard InChI is InChI=1S/C18H27NO/c1-6-14-7-9-15(10-8-14)11-18(20)12-16(2,3)19-17(4,5)13-18/h6-10,19-20H,1,11-13H2,2-5H3. The van der Waals surface area contributed by atoms with E-state index in [1.807, 2.05) is 6.08 Å². The molecule has 1 aliphatic heterocycles. The van der Waals surface area contributed by atoms with Gasteiger partial charge in [-0.2, -0.15) is 0 Å². The van der Waals surface area contributed by atoms with E-state index in [9.17, 15) is 5.11 Å². The van der Waals surface area contributed by atoms with Crippen LogP contribution in [-0.2, 0) is 6.42 Å². The molecule has 2 nitrogen and oxygen atoms in total. The fourth-order valence-corrected chi connectivity index (χ4v) is 3.99. The van der Waals surface area contributed by atoms with Gasteiger partial charge in [-0.3, -0.25) is 0 Å². The molecule has 1 heterocycles. The van der Waals surface area contributed by atoms with Crippen molar-refractivity contribution >= 4 is 6.08 Å². The van der Waals surface area contributed by atoms with Gasteiger partial charge in [0, 0.05) is 17.5 Å². The molecule has 0 unspecified atom stereocenters. The normalized spacial score (nSPS) is 23.2. The monoisotopic (exact) mass is 273 g/mol. The zero-order chi connectivity index (χ0) is 15.0. The third-order valence-corrected chi connectivity index (χ3v) is 3.97. The highest BCUT2D eigenvalue weighted by Crippen LogP contribution is 2.37. The Morgan fingerprint density at radius 1 is 1.10 bits per heavy atom. The van der Waals surface area contributed by atoms with Crippen LogP contribution in [0.2, 0.25) is 0 Å². The van der Waals surface area contributed by atoms with Gasteiger partial charge in [-0.05, 0) is 51.7 Å². The molecule has 0 amide bonds. The highest BCUT2D eigenvalue weighted by Gasteiger charge is 2.45. The van der Waals surface area contributed by atoms with Crippen molar-refractivity contribution in [1.29, 1.82) is 0 Å². The largest absolute Gasteiger partial charge is 0.389 e. The van der Waals surface area contributed by atoms with Crippen molar-refractivity contribution in [2.45, 2.75) is 63.6 Å². The molecular weight excluding hydrogens is 246 g/mol. The molecule has 0 radical (unpaired) electrons. The molecule has 2 heteroatoms. The van der Waals surface area contributed by atoms with E-state index in [1.165, 1.54) is 5.56 Å². The summed E-state index contributed by atoms with van der Waals surface area (Å²) in [6.45, 7) is 12.4. The quantitative estimate of drug-likeness (QED) is 0.883. The topological polar surface area (TPSA) is 32.3 Å². The number of nitrogens with one attached hydrogen (secondary N) is 1. The Balaban J connectivity index is 2.19. The van der Waals surface area contributed by atoms with Gasteiger partial charge in [0.05, 0.1) is 5.60 Å². The third kappa shape index (κ3) is 3.71. The van der Waals surface area contributed by atoms with E-state index in [1.54, 1.807) is 0 Å². The summed E-state index contributed by atoms with van der Waals surface area (Å²) in [5.41, 5.74) is 1.57. The first-order valence-electron chi connectivity index (χ1n) is 7.36. The maximum atomic E-state index is 11.1. The maximum Gasteiger partial charge on any atom is 0.0722 e. The van der Waals surface area contributed by atoms with Crippen LogP contribution < -0.4 is 5.32 Å². The molecule has 0 atom stereocenters. The number of hydrogen-bond acceptors (Lipinski definition) is 2. The molecule has 1 aromatic rings. The molecule has 1 aliphatic rings. The predicted molar refractivity (Wildman–Crippen MR) is 85.7 cm³/mol. The lowest BCUT2D eigenvalue weighted by Gasteiger charge is -2.51. The zero-order valence-corrected chi connectivity index (χ0v) is 13.2. The summed E-state index contributed by atoms with van der Waals surface area (Å²) in [6.07, 6.45) is 4.09. The molecule has 110 valence electrons. The molecule has 20 heavy (non-hydrogen) atoms. The average Bonchev–Trinajstić information content (AvgIpc) is 2.24. The fraction of sp³-hybridized carbons (Fsp3) is 0.556. The minimum absolute atomic E-state index is 0.0441. The van der Waals surface area contributed by atoms with Gasteiger partial charge in [-0.1, -0.05) is 36.9 Å². The summed E-state index contributed by atoms with van der Waals surface area (Å²) in [5, 5.41) is 14.7. The van der Waals surface area contributed by atoms with Crippen LogP contribution in [0.4, 0.5) is 0 Å². The first-order valence-corrected chi connectivity index (χ1v) is 7.36. The molecule has 2 rings (SSSR count). The van der Waals surface area contributed by atoms with Crippen LogP contribution in [0.15, 0.2) is 30.8 Å². The molecule has 0 aliphatic carbocycles. The number of rotatable bonds is 3. The number of hydrogen-bond donors (Lipinski definition) is 2. The maximum absolute atomic E-state index is 11.1. The van der Waals surface area contributed by atoms with Crippen LogP contribution in [0.25, 0.3) is 6.08 Å². The van der Waals surface area contributed by atoms with E-state index < -0.39 is 5.60 Å². The fourth-order valence-electron chi connectivity index (χ4n) is 3.99. The van der Waals surface area contributed by atoms with E-state index in [0.29, 0.717) is 6.42 Å². The van der Waals surface area contributed by atoms with Crippen LogP contribution in [0, 0.1) is 0 Å². The summed E-state index contributed by atoms with van der Waals surface area (Å²) < 4.78 is 0. The molecule has 0 saturated carbocycles. The van der Waals surface area contributed by atoms with Gasteiger partial charge in [0.2, 0.25) is 0 Å². The Morgan fingerprint density at radius 3 is 2.05 bits per heavy atom. The second-order valence-corrected chi connectivity index (χ2v) is 7.59. The minimum Gasteiger partial charge on any atom is -0.389 e. The van der Waals surface area contributed by atoms with Crippen molar-refractivity contribution < 1.29 is 5.11 Å². The SMILES string of the molecule is C=Cc1ccc(CC2(O)CC(C)(C)NC(C)(C)C2)cc1. The second kappa shape index (κ2) is 5.01. The van der Waals surface area contributed by atoms with Crippen LogP contribution >= 0.6 is 0 Å². The number of aliphatic hydroxyl groups is 1. The van der Waals surface area contributed by atoms with Gasteiger partial charge < -0.3 is 10.4 Å². The first-order chi connectivity index (χ1) is 9.13. The Kier molecular flexibility index (Phi) is 3.83. The highest BCUT2D eigenvalue weighted by molar-refractivity contribution is 5.47. The van der Waals surface area contributed by atoms with Crippen LogP contribution in [0.1, 0.15) is 51.7 Å². The Hall–Kier alpha value is -1.12. The molecule has 1 fully saturated rings. The van der Waals surface area contributed by atoms with E-state index in [-0.39, 0.29) is 11.1 Å². The van der Waals surface area contributed by atoms with Crippen LogP contribution in [0.3, 0.4) is 0 Å². The number of piperidine rings is 1. The van der Waals surface area contributed by atoms with E-state index in [0.717, 1.165) is 18.4 Å². The Labute approximate surface area is 122 Å². The molecule has 1 saturated heterocycles. The summed E-state index contributed by atoms with van der Waals surface area (Å²) in [7, 11) is 0. The van der Waals surface area contributed by atoms with Crippen molar-refractivity contribution in [3.05, 3.63) is 42.0 Å². The van der Waals surface area contributed by atoms with Crippen molar-refractivity contribution in [3.63, 3.8) is 0 Å². The highest BCUT2D eigenvalue weighted by atomic mass is 16.3. The Bertz CT molecular complexity index is 469. The van der Waals surface area contributed by atoms with Gasteiger partial charge in [-0.15, -0.1) is 0 Å². The number of benzene rings is 1. The Morgan fingerprint density at radius 2 is 1.60 bits per heavy atom. The average molecular weight is 273 g/mol. The van der Waals surface area contributed by atoms with Gasteiger partial charge >= 0.3 is 0 Å². The van der Waals surface area contributed by atoms with Gasteiger partial charge in [0.25, 0.3) is 0 Å². The second-order valence-electron chi connectivity index (χ2n) is 7.59. The van der Waals surface area contributed by atoms with Crippen LogP contribution in [-0.4, -0.2) is 21.8 Å². The molecule has 2 N–H and O–H groups in total. The summed E-state index contributed by atoms with van der Waals surface area (Å²) in [4.78, 5) is 0. The van der Waals surface area contributed by atoms with Crippen molar-refractivity contribution in [1.82, 2.24) is 5.32 Å². The molecule has 1 aromatic carbocycles. The van der Waals surface area contributed by atoms with Gasteiger partial charge in [0.15, 0.2) is 0 Å². The van der Waals surface area contributed by atoms with E-state index in [4.69, 9.17) is 0 Å². The van der Waals surface area contributed by atoms with Crippen molar-refractivity contribution in [2.24, 2.45) is 0 Å². The van der Waals surface area contributed by atoms with Gasteiger partial charge in [-0.25, -0.2) is 0 Å². The minimum atomic E-state index is -0.645. The molecule has 0 spiro atoms. The first kappa shape index (κ1) is 15.3. The zero-order valence-electron chi connectivity index (χ0n) is 13.2. The lowest BCUT2D eigenvalue weighted by atomic mass is 9.70. The van der Waals surface area contributed by atoms with Gasteiger partial charge in [0.1, 0.15) is 0 Å². The third-order valence-electron chi connectivity index (χ3n) is 3.97. The lowest BCUT2D eigenvalue weighted by Crippen LogP contribution is -2.64. The smallest absolute Gasteiger partial charge is 0.0722 e. The van der Waals surface area contributed by atoms with Crippen molar-refractivity contribution in [2.75, 3.05) is 0 Å². The summed E-state index contributed by atoms with van der Waals surface area (Å²) >= 11 is 0. The van der Waals surface area contributed by atoms with Crippen molar-refractivity contribution in [3.8, 4) is 0 Å². The molecule has 0 aromatic heterocycles. The summed E-state index contributed by atoms with van der Waals surface area (Å²) in [6, 6.07) is 8.31. The molecule has 0 bridgehead atoms. The predicted octanol–water partition coefficient (Wildman–Crippen LogP) is 3.54.